The summed E-state index contributed by atoms with van der Waals surface area (Å²) in [6.07, 6.45) is -0.261. The number of benzene rings is 1. The second kappa shape index (κ2) is 5.98. The summed E-state index contributed by atoms with van der Waals surface area (Å²) in [7, 11) is -2.88. The normalized spacial score (nSPS) is 13.5. The molecular weight excluding hydrogens is 352 g/mol. The van der Waals surface area contributed by atoms with Gasteiger partial charge < -0.3 is 9.47 Å². The lowest BCUT2D eigenvalue weighted by atomic mass is 10.1. The van der Waals surface area contributed by atoms with Crippen molar-refractivity contribution in [3.8, 4) is 5.75 Å². The van der Waals surface area contributed by atoms with Crippen LogP contribution in [0.25, 0.3) is 0 Å². The van der Waals surface area contributed by atoms with Crippen LogP contribution in [0.1, 0.15) is 11.1 Å². The molecule has 9 heteroatoms. The zero-order chi connectivity index (χ0) is 14.8. The van der Waals surface area contributed by atoms with Crippen LogP contribution in [0.5, 0.6) is 5.75 Å². The van der Waals surface area contributed by atoms with Crippen LogP contribution in [0.2, 0.25) is 0 Å². The number of rotatable bonds is 4. The lowest BCUT2D eigenvalue weighted by molar-refractivity contribution is 0.177. The Morgan fingerprint density at radius 1 is 1.50 bits per heavy atom. The van der Waals surface area contributed by atoms with E-state index in [0.717, 1.165) is 23.6 Å². The SMILES string of the molecule is COC(=O)NS(=O)(=O)NCc1cc(Br)cc2c1OCC2. The summed E-state index contributed by atoms with van der Waals surface area (Å²) in [6, 6.07) is 3.71. The van der Waals surface area contributed by atoms with E-state index in [2.05, 4.69) is 25.4 Å². The molecule has 0 saturated carbocycles. The summed E-state index contributed by atoms with van der Waals surface area (Å²) in [5.74, 6) is 0.689. The Labute approximate surface area is 125 Å². The second-order valence-electron chi connectivity index (χ2n) is 4.07. The Morgan fingerprint density at radius 2 is 2.25 bits per heavy atom. The lowest BCUT2D eigenvalue weighted by Crippen LogP contribution is -2.39. The van der Waals surface area contributed by atoms with Crippen LogP contribution in [-0.4, -0.2) is 28.2 Å². The molecule has 1 aliphatic heterocycles. The van der Waals surface area contributed by atoms with Crippen molar-refractivity contribution in [1.82, 2.24) is 9.44 Å². The molecule has 1 aromatic rings. The Hall–Kier alpha value is -1.32. The summed E-state index contributed by atoms with van der Waals surface area (Å²) in [4.78, 5) is 10.9. The van der Waals surface area contributed by atoms with Crippen molar-refractivity contribution in [2.45, 2.75) is 13.0 Å². The van der Waals surface area contributed by atoms with Gasteiger partial charge in [0, 0.05) is 23.0 Å². The van der Waals surface area contributed by atoms with E-state index in [4.69, 9.17) is 4.74 Å². The Kier molecular flexibility index (Phi) is 4.51. The van der Waals surface area contributed by atoms with E-state index in [9.17, 15) is 13.2 Å². The van der Waals surface area contributed by atoms with E-state index >= 15 is 0 Å². The van der Waals surface area contributed by atoms with Crippen molar-refractivity contribution >= 4 is 32.2 Å². The van der Waals surface area contributed by atoms with E-state index < -0.39 is 16.3 Å². The molecule has 1 aliphatic rings. The number of carbonyl (C=O) groups excluding carboxylic acids is 1. The molecule has 0 aliphatic carbocycles. The van der Waals surface area contributed by atoms with Gasteiger partial charge in [-0.2, -0.15) is 13.1 Å². The third-order valence-corrected chi connectivity index (χ3v) is 4.10. The van der Waals surface area contributed by atoms with Crippen LogP contribution < -0.4 is 14.2 Å². The van der Waals surface area contributed by atoms with Crippen molar-refractivity contribution in [2.24, 2.45) is 0 Å². The molecule has 2 rings (SSSR count). The summed E-state index contributed by atoms with van der Waals surface area (Å²) < 4.78 is 37.7. The van der Waals surface area contributed by atoms with Gasteiger partial charge in [-0.1, -0.05) is 15.9 Å². The van der Waals surface area contributed by atoms with Gasteiger partial charge in [-0.15, -0.1) is 0 Å². The van der Waals surface area contributed by atoms with Gasteiger partial charge in [-0.05, 0) is 17.7 Å². The first-order chi connectivity index (χ1) is 9.41. The Bertz CT molecular complexity index is 632. The van der Waals surface area contributed by atoms with Gasteiger partial charge in [0.1, 0.15) is 5.75 Å². The Morgan fingerprint density at radius 3 is 2.95 bits per heavy atom. The third kappa shape index (κ3) is 3.62. The highest BCUT2D eigenvalue weighted by Gasteiger charge is 2.20. The molecule has 1 heterocycles. The summed E-state index contributed by atoms with van der Waals surface area (Å²) in [6.45, 7) is 0.583. The molecule has 110 valence electrons. The maximum atomic E-state index is 11.6. The zero-order valence-corrected chi connectivity index (χ0v) is 13.0. The summed E-state index contributed by atoms with van der Waals surface area (Å²) >= 11 is 3.37. The largest absolute Gasteiger partial charge is 0.493 e. The molecule has 0 spiro atoms. The first-order valence-electron chi connectivity index (χ1n) is 5.71. The molecule has 1 amide bonds. The van der Waals surface area contributed by atoms with E-state index in [0.29, 0.717) is 17.9 Å². The van der Waals surface area contributed by atoms with Gasteiger partial charge in [0.05, 0.1) is 13.7 Å². The topological polar surface area (TPSA) is 93.7 Å². The van der Waals surface area contributed by atoms with Crippen molar-refractivity contribution in [1.29, 1.82) is 0 Å². The molecule has 0 bridgehead atoms. The fourth-order valence-electron chi connectivity index (χ4n) is 1.84. The molecule has 0 fully saturated rings. The number of fused-ring (bicyclic) bond motifs is 1. The van der Waals surface area contributed by atoms with Gasteiger partial charge in [0.2, 0.25) is 0 Å². The third-order valence-electron chi connectivity index (χ3n) is 2.68. The maximum absolute atomic E-state index is 11.6. The van der Waals surface area contributed by atoms with Crippen LogP contribution in [0.3, 0.4) is 0 Å². The highest BCUT2D eigenvalue weighted by Crippen LogP contribution is 2.32. The molecule has 1 aromatic carbocycles. The van der Waals surface area contributed by atoms with Gasteiger partial charge in [0.25, 0.3) is 0 Å². The highest BCUT2D eigenvalue weighted by molar-refractivity contribution is 9.10. The summed E-state index contributed by atoms with van der Waals surface area (Å²) in [5, 5.41) is 0. The van der Waals surface area contributed by atoms with E-state index in [1.807, 2.05) is 6.07 Å². The van der Waals surface area contributed by atoms with Gasteiger partial charge in [0.15, 0.2) is 0 Å². The standard InChI is InChI=1S/C11H13BrN2O5S/c1-18-11(15)14-20(16,17)13-6-8-5-9(12)4-7-2-3-19-10(7)8/h4-5,13H,2-3,6H2,1H3,(H,14,15). The van der Waals surface area contributed by atoms with Crippen molar-refractivity contribution in [3.05, 3.63) is 27.7 Å². The summed E-state index contributed by atoms with van der Waals surface area (Å²) in [5.41, 5.74) is 1.72. The van der Waals surface area contributed by atoms with Crippen molar-refractivity contribution < 1.29 is 22.7 Å². The predicted molar refractivity (Wildman–Crippen MR) is 74.6 cm³/mol. The molecule has 0 unspecified atom stereocenters. The Balaban J connectivity index is 2.10. The number of halogens is 1. The van der Waals surface area contributed by atoms with Gasteiger partial charge in [-0.3, -0.25) is 0 Å². The first kappa shape index (κ1) is 15.1. The number of hydrogen-bond acceptors (Lipinski definition) is 5. The average molecular weight is 365 g/mol. The molecule has 0 radical (unpaired) electrons. The predicted octanol–water partition coefficient (Wildman–Crippen LogP) is 1.07. The number of hydrogen-bond donors (Lipinski definition) is 2. The number of carbonyl (C=O) groups is 1. The van der Waals surface area contributed by atoms with E-state index in [-0.39, 0.29) is 6.54 Å². The minimum Gasteiger partial charge on any atom is -0.493 e. The molecular formula is C11H13BrN2O5S. The van der Waals surface area contributed by atoms with E-state index in [1.54, 1.807) is 10.8 Å². The first-order valence-corrected chi connectivity index (χ1v) is 7.98. The minimum absolute atomic E-state index is 0.00804. The number of methoxy groups -OCH3 is 1. The molecule has 20 heavy (non-hydrogen) atoms. The zero-order valence-electron chi connectivity index (χ0n) is 10.6. The molecule has 7 nitrogen and oxygen atoms in total. The van der Waals surface area contributed by atoms with Crippen LogP contribution in [-0.2, 0) is 27.9 Å². The van der Waals surface area contributed by atoms with Crippen molar-refractivity contribution in [3.63, 3.8) is 0 Å². The quantitative estimate of drug-likeness (QED) is 0.833. The molecule has 0 atom stereocenters. The van der Waals surface area contributed by atoms with E-state index in [1.165, 1.54) is 0 Å². The monoisotopic (exact) mass is 364 g/mol. The highest BCUT2D eigenvalue weighted by atomic mass is 79.9. The molecule has 0 aromatic heterocycles. The fourth-order valence-corrected chi connectivity index (χ4v) is 3.11. The van der Waals surface area contributed by atoms with Gasteiger partial charge >= 0.3 is 16.3 Å². The van der Waals surface area contributed by atoms with Crippen LogP contribution in [0.4, 0.5) is 4.79 Å². The van der Waals surface area contributed by atoms with Crippen molar-refractivity contribution in [2.75, 3.05) is 13.7 Å². The fraction of sp³-hybridized carbons (Fsp3) is 0.364. The van der Waals surface area contributed by atoms with Crippen LogP contribution in [0, 0.1) is 0 Å². The van der Waals surface area contributed by atoms with Crippen LogP contribution >= 0.6 is 15.9 Å². The second-order valence-corrected chi connectivity index (χ2v) is 6.49. The number of amides is 1. The van der Waals surface area contributed by atoms with Gasteiger partial charge in [-0.25, -0.2) is 9.52 Å². The molecule has 0 saturated heterocycles. The number of ether oxygens (including phenoxy) is 2. The van der Waals surface area contributed by atoms with Crippen LogP contribution in [0.15, 0.2) is 16.6 Å². The lowest BCUT2D eigenvalue weighted by Gasteiger charge is -2.11. The smallest absolute Gasteiger partial charge is 0.421 e. The minimum atomic E-state index is -3.97. The number of nitrogens with one attached hydrogen (secondary N) is 2. The molecule has 2 N–H and O–H groups in total. The maximum Gasteiger partial charge on any atom is 0.421 e. The average Bonchev–Trinajstić information content (AvgIpc) is 2.83.